The molecule has 1 heterocycles. The van der Waals surface area contributed by atoms with Gasteiger partial charge < -0.3 is 5.11 Å². The lowest BCUT2D eigenvalue weighted by Crippen LogP contribution is -2.62. The van der Waals surface area contributed by atoms with Gasteiger partial charge in [-0.3, -0.25) is 4.79 Å². The summed E-state index contributed by atoms with van der Waals surface area (Å²) in [6, 6.07) is 6.46. The average molecular weight is 425 g/mol. The van der Waals surface area contributed by atoms with E-state index in [9.17, 15) is 23.1 Å². The standard InChI is InChI=1S/C23H31F3N2O2/c1-20(2,3)15-9-7-14(8-10-15)19(29)28-22(30,23(24,25)26)17-13-16(21(4,5)6)11-12-18(17)27-28/h7-10,16-17,30H,11-13H2,1-6H3/t16-,17+,22+/m0/s1. The molecule has 1 N–H and O–H groups in total. The highest BCUT2D eigenvalue weighted by molar-refractivity contribution is 5.99. The van der Waals surface area contributed by atoms with E-state index < -0.39 is 23.7 Å². The Morgan fingerprint density at radius 3 is 2.13 bits per heavy atom. The smallest absolute Gasteiger partial charge is 0.362 e. The predicted octanol–water partition coefficient (Wildman–Crippen LogP) is 5.51. The van der Waals surface area contributed by atoms with E-state index in [-0.39, 0.29) is 39.5 Å². The number of carbonyl (C=O) groups excluding carboxylic acids is 1. The van der Waals surface area contributed by atoms with Crippen LogP contribution in [-0.2, 0) is 5.41 Å². The number of nitrogens with zero attached hydrogens (tertiary/aromatic N) is 2. The number of hydrogen-bond donors (Lipinski definition) is 1. The number of hydrogen-bond acceptors (Lipinski definition) is 3. The zero-order valence-corrected chi connectivity index (χ0v) is 18.5. The molecule has 1 fully saturated rings. The summed E-state index contributed by atoms with van der Waals surface area (Å²) in [5, 5.41) is 15.3. The van der Waals surface area contributed by atoms with E-state index in [1.807, 2.05) is 41.5 Å². The van der Waals surface area contributed by atoms with Crippen molar-refractivity contribution < 1.29 is 23.1 Å². The molecule has 1 saturated carbocycles. The van der Waals surface area contributed by atoms with Gasteiger partial charge >= 0.3 is 6.18 Å². The van der Waals surface area contributed by atoms with Gasteiger partial charge in [-0.15, -0.1) is 0 Å². The summed E-state index contributed by atoms with van der Waals surface area (Å²) in [5.41, 5.74) is -2.39. The van der Waals surface area contributed by atoms with Gasteiger partial charge in [-0.2, -0.15) is 23.3 Å². The molecule has 1 aromatic rings. The summed E-state index contributed by atoms with van der Waals surface area (Å²) >= 11 is 0. The third kappa shape index (κ3) is 3.77. The van der Waals surface area contributed by atoms with Crippen molar-refractivity contribution in [2.45, 2.75) is 78.1 Å². The summed E-state index contributed by atoms with van der Waals surface area (Å²) in [5.74, 6) is -2.19. The molecule has 4 nitrogen and oxygen atoms in total. The molecule has 0 bridgehead atoms. The van der Waals surface area contributed by atoms with Gasteiger partial charge in [-0.1, -0.05) is 53.7 Å². The molecule has 1 aromatic carbocycles. The third-order valence-electron chi connectivity index (χ3n) is 6.54. The highest BCUT2D eigenvalue weighted by Crippen LogP contribution is 2.52. The Kier molecular flexibility index (Phi) is 5.37. The molecule has 7 heteroatoms. The monoisotopic (exact) mass is 424 g/mol. The number of fused-ring (bicyclic) bond motifs is 1. The summed E-state index contributed by atoms with van der Waals surface area (Å²) < 4.78 is 42.5. The fraction of sp³-hybridized carbons (Fsp3) is 0.652. The highest BCUT2D eigenvalue weighted by atomic mass is 19.4. The van der Waals surface area contributed by atoms with Crippen molar-refractivity contribution in [3.8, 4) is 0 Å². The van der Waals surface area contributed by atoms with Crippen LogP contribution in [0.4, 0.5) is 13.2 Å². The van der Waals surface area contributed by atoms with E-state index in [2.05, 4.69) is 5.10 Å². The maximum Gasteiger partial charge on any atom is 0.439 e. The SMILES string of the molecule is CC(C)(C)c1ccc(C(=O)N2N=C3CC[C@H](C(C)(C)C)C[C@H]3[C@@]2(O)C(F)(F)F)cc1. The van der Waals surface area contributed by atoms with Gasteiger partial charge in [0.25, 0.3) is 11.6 Å². The maximum atomic E-state index is 14.2. The second-order valence-corrected chi connectivity index (χ2v) is 10.6. The fourth-order valence-corrected chi connectivity index (χ4v) is 4.44. The molecule has 30 heavy (non-hydrogen) atoms. The van der Waals surface area contributed by atoms with Crippen LogP contribution < -0.4 is 0 Å². The quantitative estimate of drug-likeness (QED) is 0.646. The maximum absolute atomic E-state index is 14.2. The van der Waals surface area contributed by atoms with Crippen molar-refractivity contribution in [2.75, 3.05) is 0 Å². The number of rotatable bonds is 1. The first-order chi connectivity index (χ1) is 13.6. The Morgan fingerprint density at radius 1 is 1.10 bits per heavy atom. The molecule has 1 amide bonds. The van der Waals surface area contributed by atoms with Crippen molar-refractivity contribution >= 4 is 11.6 Å². The zero-order chi connectivity index (χ0) is 22.7. The molecular formula is C23H31F3N2O2. The Balaban J connectivity index is 1.98. The first-order valence-electron chi connectivity index (χ1n) is 10.4. The van der Waals surface area contributed by atoms with E-state index in [4.69, 9.17) is 0 Å². The topological polar surface area (TPSA) is 52.9 Å². The largest absolute Gasteiger partial charge is 0.439 e. The molecule has 0 spiro atoms. The van der Waals surface area contributed by atoms with Crippen LogP contribution in [0.1, 0.15) is 76.7 Å². The molecular weight excluding hydrogens is 393 g/mol. The van der Waals surface area contributed by atoms with Crippen LogP contribution >= 0.6 is 0 Å². The van der Waals surface area contributed by atoms with Crippen LogP contribution in [0.5, 0.6) is 0 Å². The van der Waals surface area contributed by atoms with Gasteiger partial charge in [0, 0.05) is 11.3 Å². The summed E-state index contributed by atoms with van der Waals surface area (Å²) in [7, 11) is 0. The number of aliphatic hydroxyl groups is 1. The molecule has 2 aliphatic rings. The van der Waals surface area contributed by atoms with Crippen molar-refractivity contribution in [2.24, 2.45) is 22.4 Å². The van der Waals surface area contributed by atoms with Crippen molar-refractivity contribution in [3.63, 3.8) is 0 Å². The summed E-state index contributed by atoms with van der Waals surface area (Å²) in [6.45, 7) is 12.0. The number of halogens is 3. The zero-order valence-electron chi connectivity index (χ0n) is 18.5. The fourth-order valence-electron chi connectivity index (χ4n) is 4.44. The second-order valence-electron chi connectivity index (χ2n) is 10.6. The Labute approximate surface area is 176 Å². The van der Waals surface area contributed by atoms with Gasteiger partial charge in [-0.25, -0.2) is 0 Å². The van der Waals surface area contributed by atoms with E-state index >= 15 is 0 Å². The Hall–Kier alpha value is -1.89. The molecule has 1 aliphatic carbocycles. The van der Waals surface area contributed by atoms with Crippen LogP contribution in [-0.4, -0.2) is 33.6 Å². The normalized spacial score (nSPS) is 27.7. The summed E-state index contributed by atoms with van der Waals surface area (Å²) in [4.78, 5) is 13.1. The predicted molar refractivity (Wildman–Crippen MR) is 110 cm³/mol. The van der Waals surface area contributed by atoms with Crippen LogP contribution in [0.3, 0.4) is 0 Å². The lowest BCUT2D eigenvalue weighted by atomic mass is 9.66. The van der Waals surface area contributed by atoms with Crippen molar-refractivity contribution in [1.82, 2.24) is 5.01 Å². The Bertz CT molecular complexity index is 847. The van der Waals surface area contributed by atoms with Gasteiger partial charge in [0.05, 0.1) is 5.92 Å². The number of carbonyl (C=O) groups is 1. The van der Waals surface area contributed by atoms with Crippen LogP contribution in [0.25, 0.3) is 0 Å². The molecule has 3 rings (SSSR count). The Morgan fingerprint density at radius 2 is 1.67 bits per heavy atom. The molecule has 3 atom stereocenters. The number of hydrazone groups is 1. The minimum Gasteiger partial charge on any atom is -0.362 e. The van der Waals surface area contributed by atoms with Crippen LogP contribution in [0.2, 0.25) is 0 Å². The molecule has 1 aliphatic heterocycles. The number of benzene rings is 1. The van der Waals surface area contributed by atoms with Gasteiger partial charge in [0.2, 0.25) is 0 Å². The van der Waals surface area contributed by atoms with Crippen molar-refractivity contribution in [3.05, 3.63) is 35.4 Å². The van der Waals surface area contributed by atoms with Crippen LogP contribution in [0, 0.1) is 17.3 Å². The molecule has 0 aromatic heterocycles. The summed E-state index contributed by atoms with van der Waals surface area (Å²) in [6.07, 6.45) is -3.85. The van der Waals surface area contributed by atoms with Gasteiger partial charge in [-0.05, 0) is 53.7 Å². The molecule has 166 valence electrons. The van der Waals surface area contributed by atoms with E-state index in [0.29, 0.717) is 12.8 Å². The third-order valence-corrected chi connectivity index (χ3v) is 6.54. The molecule has 0 saturated heterocycles. The molecule has 0 radical (unpaired) electrons. The van der Waals surface area contributed by atoms with E-state index in [1.165, 1.54) is 12.1 Å². The van der Waals surface area contributed by atoms with Crippen molar-refractivity contribution in [1.29, 1.82) is 0 Å². The first kappa shape index (κ1) is 22.8. The molecule has 0 unspecified atom stereocenters. The van der Waals surface area contributed by atoms with E-state index in [0.717, 1.165) is 5.56 Å². The lowest BCUT2D eigenvalue weighted by Gasteiger charge is -2.42. The van der Waals surface area contributed by atoms with Gasteiger partial charge in [0.15, 0.2) is 0 Å². The van der Waals surface area contributed by atoms with Crippen LogP contribution in [0.15, 0.2) is 29.4 Å². The average Bonchev–Trinajstić information content (AvgIpc) is 2.93. The minimum absolute atomic E-state index is 0.00329. The first-order valence-corrected chi connectivity index (χ1v) is 10.4. The highest BCUT2D eigenvalue weighted by Gasteiger charge is 2.69. The minimum atomic E-state index is -5.02. The number of alkyl halides is 3. The second kappa shape index (κ2) is 7.08. The van der Waals surface area contributed by atoms with E-state index in [1.54, 1.807) is 12.1 Å². The van der Waals surface area contributed by atoms with Gasteiger partial charge in [0.1, 0.15) is 0 Å². The number of amides is 1. The lowest BCUT2D eigenvalue weighted by molar-refractivity contribution is -0.314.